The van der Waals surface area contributed by atoms with Gasteiger partial charge in [-0.1, -0.05) is 107 Å². The lowest BCUT2D eigenvalue weighted by atomic mass is 9.94. The molecule has 33 heteroatoms. The molecule has 0 bridgehead atoms. The lowest BCUT2D eigenvalue weighted by molar-refractivity contribution is -0.120. The first-order valence-corrected chi connectivity index (χ1v) is 34.4. The van der Waals surface area contributed by atoms with E-state index in [-0.39, 0.29) is 107 Å². The van der Waals surface area contributed by atoms with Crippen molar-refractivity contribution in [3.8, 4) is 68.7 Å². The Morgan fingerprint density at radius 3 is 1.22 bits per heavy atom. The Balaban J connectivity index is 0.000000132. The summed E-state index contributed by atoms with van der Waals surface area (Å²) in [6.45, 7) is 2.06. The summed E-state index contributed by atoms with van der Waals surface area (Å²) in [5, 5.41) is 43.2. The topological polar surface area (TPSA) is 394 Å². The first-order chi connectivity index (χ1) is 53.2. The van der Waals surface area contributed by atoms with E-state index in [1.165, 1.54) is 78.5 Å². The van der Waals surface area contributed by atoms with Gasteiger partial charge in [0.25, 0.3) is 0 Å². The molecule has 14 aromatic rings. The number of nitrogens with two attached hydrogens (primary N) is 3. The highest BCUT2D eigenvalue weighted by Gasteiger charge is 2.53. The van der Waals surface area contributed by atoms with E-state index >= 15 is 0 Å². The zero-order valence-corrected chi connectivity index (χ0v) is 58.2. The minimum Gasteiger partial charge on any atom is -0.392 e. The van der Waals surface area contributed by atoms with Crippen LogP contribution in [0.1, 0.15) is 78.8 Å². The van der Waals surface area contributed by atoms with E-state index in [1.54, 1.807) is 94.3 Å². The average Bonchev–Trinajstić information content (AvgIpc) is 1.60. The highest BCUT2D eigenvalue weighted by molar-refractivity contribution is 6.04. The van der Waals surface area contributed by atoms with Gasteiger partial charge in [0.1, 0.15) is 87.5 Å². The normalized spacial score (nSPS) is 14.0. The predicted molar refractivity (Wildman–Crippen MR) is 390 cm³/mol. The molecule has 0 unspecified atom stereocenters. The molecule has 0 atom stereocenters. The van der Waals surface area contributed by atoms with Gasteiger partial charge in [0.15, 0.2) is 46.6 Å². The van der Waals surface area contributed by atoms with Crippen molar-refractivity contribution in [2.24, 2.45) is 5.41 Å². The minimum absolute atomic E-state index is 0.0463. The summed E-state index contributed by atoms with van der Waals surface area (Å²) in [7, 11) is 0. The van der Waals surface area contributed by atoms with E-state index in [1.807, 2.05) is 31.2 Å². The Labute approximate surface area is 620 Å². The van der Waals surface area contributed by atoms with E-state index in [0.29, 0.717) is 105 Å². The SMILES string of the molecule is CC1(C(=O)Nc2cnc(-c3cc(-c4ccon4)n(Cc4cccc(F)c4F)n3)nc2N)CC1.Nc1nc(-c2cc(-c3ccon3)n(Cc3ccccc3F)n2)ncc1NC(=O)C1(c2ccc(CO)cc2)CC1.Nc1nc(-c2cc(-c3ccon3)n(Cc3ccccc3F)n2)ncc1NC(=O)C1(c2cccc(F)c2)CC1. The molecule has 0 aliphatic heterocycles. The van der Waals surface area contributed by atoms with Gasteiger partial charge in [-0.05, 0) is 104 Å². The van der Waals surface area contributed by atoms with E-state index in [9.17, 15) is 41.4 Å². The molecular formula is C77H64F5N21O7. The Bertz CT molecular complexity index is 5740. The van der Waals surface area contributed by atoms with Gasteiger partial charge in [-0.3, -0.25) is 28.4 Å². The quantitative estimate of drug-likeness (QED) is 0.0329. The van der Waals surface area contributed by atoms with Gasteiger partial charge in [0.2, 0.25) is 17.7 Å². The summed E-state index contributed by atoms with van der Waals surface area (Å²) in [4.78, 5) is 64.6. The smallest absolute Gasteiger partial charge is 0.235 e. The van der Waals surface area contributed by atoms with Gasteiger partial charge < -0.3 is 51.8 Å². The molecule has 3 aliphatic carbocycles. The Hall–Kier alpha value is -14.0. The van der Waals surface area contributed by atoms with Crippen molar-refractivity contribution in [3.05, 3.63) is 252 Å². The van der Waals surface area contributed by atoms with Crippen LogP contribution < -0.4 is 33.2 Å². The molecule has 0 spiro atoms. The van der Waals surface area contributed by atoms with Crippen molar-refractivity contribution >= 4 is 52.2 Å². The number of anilines is 6. The summed E-state index contributed by atoms with van der Waals surface area (Å²) >= 11 is 0. The molecule has 0 radical (unpaired) electrons. The van der Waals surface area contributed by atoms with Crippen LogP contribution in [0.25, 0.3) is 68.7 Å². The summed E-state index contributed by atoms with van der Waals surface area (Å²) in [5.41, 5.74) is 25.0. The number of benzene rings is 5. The van der Waals surface area contributed by atoms with Crippen LogP contribution in [0.15, 0.2) is 203 Å². The second-order valence-electron chi connectivity index (χ2n) is 26.7. The summed E-state index contributed by atoms with van der Waals surface area (Å²) in [6, 6.07) is 40.2. The van der Waals surface area contributed by atoms with Crippen molar-refractivity contribution < 1.29 is 55.0 Å². The molecule has 9 aromatic heterocycles. The number of aliphatic hydroxyl groups excluding tert-OH is 1. The Kier molecular flexibility index (Phi) is 19.4. The number of aliphatic hydroxyl groups is 1. The van der Waals surface area contributed by atoms with Gasteiger partial charge in [-0.2, -0.15) is 15.3 Å². The number of nitrogen functional groups attached to an aromatic ring is 3. The second-order valence-corrected chi connectivity index (χ2v) is 26.7. The standard InChI is InChI=1S/C28H24FN7O3.C27H21F2N7O2.C22H19F2N7O2/c29-20-4-2-1-3-18(20)15-36-24(21-9-12-39-35-21)13-22(34-36)26-31-14-23(25(30)33-26)32-27(38)28(10-11-28)19-7-5-17(16-37)6-8-19;28-18-6-3-5-17(12-18)27(9-10-27)26(37)32-22-14-31-25(33-24(22)30)21-13-23(20-8-11-38-35-20)36(34-21)15-16-4-1-2-7-19(16)29;1-22(6-7-22)21(32)27-16-10-26-20(28-19(16)25)15-9-17(14-5-8-33-30-14)31(29-15)11-12-3-2-4-13(23)18(12)24/h1-9,12-14,37H,10-11,15-16H2,(H,32,38)(H2,30,31,33);1-8,11-14H,9-10,15H2,(H,32,37)(H2,30,31,33);2-5,8-10H,6-7,11H2,1H3,(H,27,32)(H2,25,26,28). The number of halogens is 5. The highest BCUT2D eigenvalue weighted by atomic mass is 19.2. The fourth-order valence-electron chi connectivity index (χ4n) is 12.3. The third kappa shape index (κ3) is 15.0. The van der Waals surface area contributed by atoms with Crippen LogP contribution >= 0.6 is 0 Å². The molecule has 110 heavy (non-hydrogen) atoms. The number of nitrogens with zero attached hydrogens (tertiary/aromatic N) is 15. The third-order valence-corrected chi connectivity index (χ3v) is 19.2. The Morgan fingerprint density at radius 2 is 0.836 bits per heavy atom. The molecule has 5 aromatic carbocycles. The number of nitrogens with one attached hydrogen (secondary N) is 3. The molecule has 9 heterocycles. The number of amides is 3. The minimum atomic E-state index is -0.953. The molecule has 3 saturated carbocycles. The van der Waals surface area contributed by atoms with E-state index in [0.717, 1.165) is 30.0 Å². The van der Waals surface area contributed by atoms with Crippen molar-refractivity contribution in [3.63, 3.8) is 0 Å². The van der Waals surface area contributed by atoms with Gasteiger partial charge in [-0.25, -0.2) is 51.9 Å². The maximum Gasteiger partial charge on any atom is 0.235 e. The van der Waals surface area contributed by atoms with Crippen molar-refractivity contribution in [1.82, 2.24) is 74.7 Å². The number of carbonyl (C=O) groups is 3. The average molecular weight is 1490 g/mol. The molecule has 0 saturated heterocycles. The number of carbonyl (C=O) groups excluding carboxylic acids is 3. The van der Waals surface area contributed by atoms with Crippen LogP contribution in [0.4, 0.5) is 56.5 Å². The summed E-state index contributed by atoms with van der Waals surface area (Å²) < 4.78 is 89.9. The largest absolute Gasteiger partial charge is 0.392 e. The van der Waals surface area contributed by atoms with Crippen LogP contribution in [0, 0.1) is 34.5 Å². The monoisotopic (exact) mass is 1490 g/mol. The van der Waals surface area contributed by atoms with Crippen LogP contribution in [-0.2, 0) is 51.5 Å². The van der Waals surface area contributed by atoms with Crippen molar-refractivity contribution in [2.45, 2.75) is 82.5 Å². The molecular weight excluding hydrogens is 1430 g/mol. The second kappa shape index (κ2) is 29.8. The number of hydrogen-bond acceptors (Lipinski definition) is 22. The number of hydrogen-bond donors (Lipinski definition) is 7. The molecule has 28 nitrogen and oxygen atoms in total. The fourth-order valence-corrected chi connectivity index (χ4v) is 12.3. The summed E-state index contributed by atoms with van der Waals surface area (Å²) in [6.07, 6.45) is 12.8. The zero-order valence-electron chi connectivity index (χ0n) is 58.2. The number of rotatable bonds is 21. The van der Waals surface area contributed by atoms with Crippen LogP contribution in [-0.4, -0.2) is 97.5 Å². The van der Waals surface area contributed by atoms with Gasteiger partial charge in [-0.15, -0.1) is 0 Å². The van der Waals surface area contributed by atoms with Crippen LogP contribution in [0.2, 0.25) is 0 Å². The maximum absolute atomic E-state index is 14.4. The van der Waals surface area contributed by atoms with E-state index < -0.39 is 28.3 Å². The summed E-state index contributed by atoms with van der Waals surface area (Å²) in [5.74, 6) is -2.74. The van der Waals surface area contributed by atoms with Crippen molar-refractivity contribution in [1.29, 1.82) is 0 Å². The maximum atomic E-state index is 14.4. The highest BCUT2D eigenvalue weighted by Crippen LogP contribution is 2.51. The molecule has 17 rings (SSSR count). The molecule has 3 aliphatic rings. The van der Waals surface area contributed by atoms with Crippen LogP contribution in [0.5, 0.6) is 0 Å². The lowest BCUT2D eigenvalue weighted by Crippen LogP contribution is -2.28. The molecule has 554 valence electrons. The predicted octanol–water partition coefficient (Wildman–Crippen LogP) is 12.1. The van der Waals surface area contributed by atoms with Gasteiger partial charge in [0.05, 0.1) is 72.7 Å². The third-order valence-electron chi connectivity index (χ3n) is 19.2. The first-order valence-electron chi connectivity index (χ1n) is 34.4. The molecule has 3 fully saturated rings. The van der Waals surface area contributed by atoms with Crippen LogP contribution in [0.3, 0.4) is 0 Å². The fraction of sp³-hybridized carbons (Fsp3) is 0.182. The zero-order chi connectivity index (χ0) is 76.4. The van der Waals surface area contributed by atoms with Crippen molar-refractivity contribution in [2.75, 3.05) is 33.2 Å². The number of aromatic nitrogens is 15. The molecule has 10 N–H and O–H groups in total. The van der Waals surface area contributed by atoms with E-state index in [2.05, 4.69) is 76.6 Å². The lowest BCUT2D eigenvalue weighted by Gasteiger charge is -2.17. The van der Waals surface area contributed by atoms with Gasteiger partial charge >= 0.3 is 0 Å². The van der Waals surface area contributed by atoms with Gasteiger partial charge in [0, 0.05) is 40.3 Å². The Morgan fingerprint density at radius 1 is 0.445 bits per heavy atom. The first kappa shape index (κ1) is 71.6. The van der Waals surface area contributed by atoms with E-state index in [4.69, 9.17) is 30.8 Å². The molecule has 3 amide bonds.